The Balaban J connectivity index is 1.33. The average molecular weight is 584 g/mol. The molecule has 4 N–H and O–H groups in total. The van der Waals surface area contributed by atoms with E-state index in [0.717, 1.165) is 0 Å². The number of alkyl halides is 3. The topological polar surface area (TPSA) is 138 Å². The van der Waals surface area contributed by atoms with Gasteiger partial charge in [0.1, 0.15) is 11.3 Å². The number of aromatic amines is 1. The van der Waals surface area contributed by atoms with E-state index in [4.69, 9.17) is 4.74 Å². The van der Waals surface area contributed by atoms with E-state index in [1.165, 1.54) is 37.6 Å². The maximum atomic E-state index is 13.1. The molecule has 5 rings (SSSR count). The van der Waals surface area contributed by atoms with Crippen LogP contribution in [0.1, 0.15) is 52.1 Å². The Labute approximate surface area is 238 Å². The number of nitrogens with one attached hydrogen (secondary N) is 3. The zero-order valence-corrected chi connectivity index (χ0v) is 22.5. The Hall–Kier alpha value is -4.65. The van der Waals surface area contributed by atoms with Crippen molar-refractivity contribution in [3.63, 3.8) is 0 Å². The minimum Gasteiger partial charge on any atom is -0.480 e. The number of H-pyrrole nitrogens is 1. The van der Waals surface area contributed by atoms with Crippen LogP contribution in [0.4, 0.5) is 13.2 Å². The molecule has 1 aliphatic carbocycles. The van der Waals surface area contributed by atoms with Crippen molar-refractivity contribution in [3.8, 4) is 22.8 Å². The van der Waals surface area contributed by atoms with E-state index < -0.39 is 18.0 Å². The zero-order valence-electron chi connectivity index (χ0n) is 22.5. The number of hydrogen-bond acceptors (Lipinski definition) is 7. The van der Waals surface area contributed by atoms with Gasteiger partial charge in [0.2, 0.25) is 5.88 Å². The normalized spacial score (nSPS) is 17.1. The van der Waals surface area contributed by atoms with Crippen molar-refractivity contribution < 1.29 is 37.3 Å². The van der Waals surface area contributed by atoms with Crippen LogP contribution in [0.3, 0.4) is 0 Å². The van der Waals surface area contributed by atoms with Gasteiger partial charge in [-0.3, -0.25) is 14.7 Å². The SMILES string of the molecule is COc1ncc(-c2ccc3c(C(=O)NC4CCC(O)CC4)n[nH]c3c2)cc1C(=O)NCc1ccccc1OC(F)(F)F. The first-order chi connectivity index (χ1) is 20.1. The number of carbonyl (C=O) groups excluding carboxylic acids is 2. The van der Waals surface area contributed by atoms with Crippen LogP contribution in [0.15, 0.2) is 54.7 Å². The number of nitrogens with zero attached hydrogens (tertiary/aromatic N) is 2. The molecule has 0 spiro atoms. The number of ether oxygens (including phenoxy) is 2. The van der Waals surface area contributed by atoms with Crippen LogP contribution in [-0.2, 0) is 6.54 Å². The van der Waals surface area contributed by atoms with Gasteiger partial charge in [-0.15, -0.1) is 13.2 Å². The smallest absolute Gasteiger partial charge is 0.480 e. The highest BCUT2D eigenvalue weighted by Gasteiger charge is 2.32. The molecule has 10 nitrogen and oxygen atoms in total. The van der Waals surface area contributed by atoms with E-state index >= 15 is 0 Å². The molecular formula is C29H28F3N5O5. The van der Waals surface area contributed by atoms with Crippen molar-refractivity contribution in [1.82, 2.24) is 25.8 Å². The minimum absolute atomic E-state index is 0.0208. The number of methoxy groups -OCH3 is 1. The number of aliphatic hydroxyl groups is 1. The molecule has 2 aromatic carbocycles. The quantitative estimate of drug-likeness (QED) is 0.240. The summed E-state index contributed by atoms with van der Waals surface area (Å²) >= 11 is 0. The first-order valence-corrected chi connectivity index (χ1v) is 13.2. The van der Waals surface area contributed by atoms with Crippen molar-refractivity contribution in [3.05, 3.63) is 71.5 Å². The second kappa shape index (κ2) is 12.1. The molecule has 2 aromatic heterocycles. The largest absolute Gasteiger partial charge is 0.573 e. The first kappa shape index (κ1) is 28.9. The van der Waals surface area contributed by atoms with Gasteiger partial charge >= 0.3 is 6.36 Å². The summed E-state index contributed by atoms with van der Waals surface area (Å²) in [5, 5.41) is 23.0. The zero-order chi connectivity index (χ0) is 29.9. The van der Waals surface area contributed by atoms with Crippen molar-refractivity contribution in [2.45, 2.75) is 50.7 Å². The highest BCUT2D eigenvalue weighted by Crippen LogP contribution is 2.29. The number of hydrogen-bond donors (Lipinski definition) is 4. The van der Waals surface area contributed by atoms with Crippen LogP contribution < -0.4 is 20.1 Å². The van der Waals surface area contributed by atoms with Gasteiger partial charge in [-0.1, -0.05) is 24.3 Å². The van der Waals surface area contributed by atoms with Gasteiger partial charge < -0.3 is 25.2 Å². The molecule has 1 saturated carbocycles. The summed E-state index contributed by atoms with van der Waals surface area (Å²) in [5.74, 6) is -1.29. The molecule has 42 heavy (non-hydrogen) atoms. The monoisotopic (exact) mass is 583 g/mol. The highest BCUT2D eigenvalue weighted by molar-refractivity contribution is 6.05. The van der Waals surface area contributed by atoms with Crippen molar-refractivity contribution in [2.24, 2.45) is 0 Å². The number of rotatable bonds is 8. The van der Waals surface area contributed by atoms with Gasteiger partial charge in [-0.05, 0) is 55.5 Å². The lowest BCUT2D eigenvalue weighted by molar-refractivity contribution is -0.274. The second-order valence-corrected chi connectivity index (χ2v) is 9.93. The summed E-state index contributed by atoms with van der Waals surface area (Å²) < 4.78 is 47.6. The number of aromatic nitrogens is 3. The summed E-state index contributed by atoms with van der Waals surface area (Å²) in [4.78, 5) is 30.2. The number of carbonyl (C=O) groups is 2. The third-order valence-electron chi connectivity index (χ3n) is 7.07. The van der Waals surface area contributed by atoms with E-state index in [-0.39, 0.29) is 47.3 Å². The molecule has 0 bridgehead atoms. The lowest BCUT2D eigenvalue weighted by Crippen LogP contribution is -2.38. The number of halogens is 3. The maximum Gasteiger partial charge on any atom is 0.573 e. The molecule has 0 unspecified atom stereocenters. The van der Waals surface area contributed by atoms with E-state index in [0.29, 0.717) is 47.7 Å². The van der Waals surface area contributed by atoms with Crippen molar-refractivity contribution in [2.75, 3.05) is 7.11 Å². The molecule has 2 heterocycles. The van der Waals surface area contributed by atoms with Gasteiger partial charge in [-0.2, -0.15) is 5.10 Å². The van der Waals surface area contributed by atoms with E-state index in [2.05, 4.69) is 30.6 Å². The lowest BCUT2D eigenvalue weighted by Gasteiger charge is -2.25. The van der Waals surface area contributed by atoms with Crippen LogP contribution in [0.25, 0.3) is 22.0 Å². The number of pyridine rings is 1. The molecule has 4 aromatic rings. The summed E-state index contributed by atoms with van der Waals surface area (Å²) in [6.07, 6.45) is -0.985. The van der Waals surface area contributed by atoms with Gasteiger partial charge in [0, 0.05) is 35.3 Å². The standard InChI is InChI=1S/C29H28F3N5O5/c1-41-28-22(26(39)33-14-17-4-2-3-5-24(17)42-29(30,31)32)12-18(15-34-28)16-6-11-21-23(13-16)36-37-25(21)27(40)35-19-7-9-20(38)10-8-19/h2-6,11-13,15,19-20,38H,7-10,14H2,1H3,(H,33,39)(H,35,40)(H,36,37). The van der Waals surface area contributed by atoms with Crippen LogP contribution in [0, 0.1) is 0 Å². The average Bonchev–Trinajstić information content (AvgIpc) is 3.40. The van der Waals surface area contributed by atoms with E-state index in [9.17, 15) is 27.9 Å². The second-order valence-electron chi connectivity index (χ2n) is 9.93. The molecular weight excluding hydrogens is 555 g/mol. The maximum absolute atomic E-state index is 13.1. The Bertz CT molecular complexity index is 1600. The number of aliphatic hydroxyl groups excluding tert-OH is 1. The fraction of sp³-hybridized carbons (Fsp3) is 0.310. The number of amides is 2. The van der Waals surface area contributed by atoms with Crippen molar-refractivity contribution >= 4 is 22.7 Å². The molecule has 0 atom stereocenters. The fourth-order valence-corrected chi connectivity index (χ4v) is 4.93. The Morgan fingerprint density at radius 3 is 2.55 bits per heavy atom. The molecule has 220 valence electrons. The minimum atomic E-state index is -4.87. The fourth-order valence-electron chi connectivity index (χ4n) is 4.93. The predicted molar refractivity (Wildman–Crippen MR) is 146 cm³/mol. The van der Waals surface area contributed by atoms with Crippen LogP contribution >= 0.6 is 0 Å². The van der Waals surface area contributed by atoms with Gasteiger partial charge in [0.05, 0.1) is 18.7 Å². The number of para-hydroxylation sites is 1. The summed E-state index contributed by atoms with van der Waals surface area (Å²) in [5.41, 5.74) is 2.30. The lowest BCUT2D eigenvalue weighted by atomic mass is 9.93. The van der Waals surface area contributed by atoms with Crippen LogP contribution in [0.5, 0.6) is 11.6 Å². The summed E-state index contributed by atoms with van der Waals surface area (Å²) in [6, 6.07) is 12.3. The molecule has 0 saturated heterocycles. The summed E-state index contributed by atoms with van der Waals surface area (Å²) in [7, 11) is 1.35. The molecule has 0 aliphatic heterocycles. The number of fused-ring (bicyclic) bond motifs is 1. The Kier molecular flexibility index (Phi) is 8.29. The first-order valence-electron chi connectivity index (χ1n) is 13.2. The Morgan fingerprint density at radius 2 is 1.81 bits per heavy atom. The third kappa shape index (κ3) is 6.62. The highest BCUT2D eigenvalue weighted by atomic mass is 19.4. The Morgan fingerprint density at radius 1 is 1.05 bits per heavy atom. The van der Waals surface area contributed by atoms with Gasteiger partial charge in [0.15, 0.2) is 5.69 Å². The van der Waals surface area contributed by atoms with Crippen LogP contribution in [-0.4, -0.2) is 57.7 Å². The van der Waals surface area contributed by atoms with Gasteiger partial charge in [-0.25, -0.2) is 4.98 Å². The van der Waals surface area contributed by atoms with E-state index in [1.54, 1.807) is 24.3 Å². The van der Waals surface area contributed by atoms with Gasteiger partial charge in [0.25, 0.3) is 11.8 Å². The number of benzene rings is 2. The third-order valence-corrected chi connectivity index (χ3v) is 7.07. The molecule has 2 amide bonds. The molecule has 1 fully saturated rings. The molecule has 0 radical (unpaired) electrons. The molecule has 1 aliphatic rings. The van der Waals surface area contributed by atoms with Crippen LogP contribution in [0.2, 0.25) is 0 Å². The van der Waals surface area contributed by atoms with Crippen molar-refractivity contribution in [1.29, 1.82) is 0 Å². The summed E-state index contributed by atoms with van der Waals surface area (Å²) in [6.45, 7) is -0.231. The predicted octanol–water partition coefficient (Wildman–Crippen LogP) is 4.50. The molecule has 13 heteroatoms. The van der Waals surface area contributed by atoms with E-state index in [1.807, 2.05) is 0 Å².